The first-order valence-electron chi connectivity index (χ1n) is 7.33. The minimum atomic E-state index is 0.191. The summed E-state index contributed by atoms with van der Waals surface area (Å²) >= 11 is 6.37. The second-order valence-corrected chi connectivity index (χ2v) is 5.36. The first-order valence-corrected chi connectivity index (χ1v) is 7.77. The van der Waals surface area contributed by atoms with Crippen LogP contribution >= 0.6 is 11.6 Å². The highest BCUT2D eigenvalue weighted by atomic mass is 35.5. The standard InChI is InChI=1S/C16H26ClNO2/c1-4-13(5-2)14(17)12-18-10-11-20-16-9-7-6-8-15(16)19-3/h6-9,13-14,18H,4-5,10-12H2,1-3H3. The van der Waals surface area contributed by atoms with Crippen molar-refractivity contribution in [3.05, 3.63) is 24.3 Å². The van der Waals surface area contributed by atoms with E-state index < -0.39 is 0 Å². The highest BCUT2D eigenvalue weighted by Crippen LogP contribution is 2.25. The number of methoxy groups -OCH3 is 1. The quantitative estimate of drug-likeness (QED) is 0.528. The molecule has 1 unspecified atom stereocenters. The van der Waals surface area contributed by atoms with Gasteiger partial charge in [0.1, 0.15) is 6.61 Å². The van der Waals surface area contributed by atoms with E-state index in [0.29, 0.717) is 12.5 Å². The molecular weight excluding hydrogens is 274 g/mol. The van der Waals surface area contributed by atoms with Gasteiger partial charge in [0.15, 0.2) is 11.5 Å². The Balaban J connectivity index is 2.22. The average molecular weight is 300 g/mol. The van der Waals surface area contributed by atoms with Gasteiger partial charge in [0, 0.05) is 18.5 Å². The number of alkyl halides is 1. The molecule has 1 aromatic rings. The van der Waals surface area contributed by atoms with Crippen LogP contribution in [0.15, 0.2) is 24.3 Å². The highest BCUT2D eigenvalue weighted by Gasteiger charge is 2.14. The SMILES string of the molecule is CCC(CC)C(Cl)CNCCOc1ccccc1OC. The van der Waals surface area contributed by atoms with E-state index in [1.54, 1.807) is 7.11 Å². The molecule has 1 atom stereocenters. The highest BCUT2D eigenvalue weighted by molar-refractivity contribution is 6.21. The topological polar surface area (TPSA) is 30.5 Å². The average Bonchev–Trinajstić information content (AvgIpc) is 2.48. The van der Waals surface area contributed by atoms with Crippen LogP contribution in [0, 0.1) is 5.92 Å². The van der Waals surface area contributed by atoms with Crippen molar-refractivity contribution in [2.24, 2.45) is 5.92 Å². The number of ether oxygens (including phenoxy) is 2. The first kappa shape index (κ1) is 17.1. The van der Waals surface area contributed by atoms with Crippen LogP contribution in [-0.4, -0.2) is 32.2 Å². The van der Waals surface area contributed by atoms with Crippen LogP contribution in [0.1, 0.15) is 26.7 Å². The summed E-state index contributed by atoms with van der Waals surface area (Å²) in [5.74, 6) is 2.12. The molecule has 0 heterocycles. The first-order chi connectivity index (χ1) is 9.72. The third-order valence-corrected chi connectivity index (χ3v) is 4.02. The molecule has 0 aliphatic heterocycles. The molecular formula is C16H26ClNO2. The van der Waals surface area contributed by atoms with E-state index in [4.69, 9.17) is 21.1 Å². The zero-order valence-electron chi connectivity index (χ0n) is 12.7. The van der Waals surface area contributed by atoms with Crippen LogP contribution in [0.2, 0.25) is 0 Å². The van der Waals surface area contributed by atoms with Crippen molar-refractivity contribution in [3.8, 4) is 11.5 Å². The number of halogens is 1. The molecule has 114 valence electrons. The molecule has 0 bridgehead atoms. The van der Waals surface area contributed by atoms with Crippen LogP contribution < -0.4 is 14.8 Å². The molecule has 0 aliphatic rings. The maximum atomic E-state index is 6.37. The van der Waals surface area contributed by atoms with Crippen LogP contribution in [0.5, 0.6) is 11.5 Å². The molecule has 0 radical (unpaired) electrons. The second kappa shape index (κ2) is 9.89. The molecule has 0 amide bonds. The number of nitrogens with one attached hydrogen (secondary N) is 1. The van der Waals surface area contributed by atoms with Gasteiger partial charge in [0.25, 0.3) is 0 Å². The molecule has 1 aromatic carbocycles. The lowest BCUT2D eigenvalue weighted by atomic mass is 9.99. The lowest BCUT2D eigenvalue weighted by molar-refractivity contribution is 0.290. The predicted molar refractivity (Wildman–Crippen MR) is 85.1 cm³/mol. The Morgan fingerprint density at radius 1 is 1.15 bits per heavy atom. The summed E-state index contributed by atoms with van der Waals surface area (Å²) in [4.78, 5) is 0. The van der Waals surface area contributed by atoms with E-state index in [1.807, 2.05) is 24.3 Å². The molecule has 0 saturated heterocycles. The fourth-order valence-electron chi connectivity index (χ4n) is 2.18. The van der Waals surface area contributed by atoms with Crippen molar-refractivity contribution < 1.29 is 9.47 Å². The Kier molecular flexibility index (Phi) is 8.47. The normalized spacial score (nSPS) is 12.4. The van der Waals surface area contributed by atoms with E-state index >= 15 is 0 Å². The van der Waals surface area contributed by atoms with E-state index in [0.717, 1.165) is 37.4 Å². The van der Waals surface area contributed by atoms with E-state index in [9.17, 15) is 0 Å². The van der Waals surface area contributed by atoms with Gasteiger partial charge in [-0.15, -0.1) is 11.6 Å². The predicted octanol–water partition coefficient (Wildman–Crippen LogP) is 3.71. The van der Waals surface area contributed by atoms with Crippen molar-refractivity contribution in [1.29, 1.82) is 0 Å². The fraction of sp³-hybridized carbons (Fsp3) is 0.625. The molecule has 1 rings (SSSR count). The summed E-state index contributed by atoms with van der Waals surface area (Å²) < 4.78 is 10.9. The van der Waals surface area contributed by atoms with Crippen LogP contribution in [0.4, 0.5) is 0 Å². The smallest absolute Gasteiger partial charge is 0.161 e. The van der Waals surface area contributed by atoms with Crippen molar-refractivity contribution in [2.75, 3.05) is 26.8 Å². The Morgan fingerprint density at radius 2 is 1.80 bits per heavy atom. The summed E-state index contributed by atoms with van der Waals surface area (Å²) in [6, 6.07) is 7.67. The van der Waals surface area contributed by atoms with E-state index in [1.165, 1.54) is 0 Å². The van der Waals surface area contributed by atoms with Gasteiger partial charge < -0.3 is 14.8 Å². The summed E-state index contributed by atoms with van der Waals surface area (Å²) in [5, 5.41) is 3.54. The summed E-state index contributed by atoms with van der Waals surface area (Å²) in [6.45, 7) is 6.58. The monoisotopic (exact) mass is 299 g/mol. The van der Waals surface area contributed by atoms with Crippen LogP contribution in [-0.2, 0) is 0 Å². The zero-order chi connectivity index (χ0) is 14.8. The number of rotatable bonds is 10. The number of hydrogen-bond donors (Lipinski definition) is 1. The van der Waals surface area contributed by atoms with Gasteiger partial charge in [0.05, 0.1) is 7.11 Å². The fourth-order valence-corrected chi connectivity index (χ4v) is 2.64. The Labute approximate surface area is 127 Å². The summed E-state index contributed by atoms with van der Waals surface area (Å²) in [6.07, 6.45) is 2.26. The third kappa shape index (κ3) is 5.59. The van der Waals surface area contributed by atoms with Gasteiger partial charge in [0.2, 0.25) is 0 Å². The lowest BCUT2D eigenvalue weighted by Crippen LogP contribution is -2.31. The zero-order valence-corrected chi connectivity index (χ0v) is 13.5. The van der Waals surface area contributed by atoms with Crippen molar-refractivity contribution in [3.63, 3.8) is 0 Å². The van der Waals surface area contributed by atoms with E-state index in [2.05, 4.69) is 19.2 Å². The van der Waals surface area contributed by atoms with Crippen LogP contribution in [0.25, 0.3) is 0 Å². The molecule has 1 N–H and O–H groups in total. The molecule has 0 spiro atoms. The maximum Gasteiger partial charge on any atom is 0.161 e. The van der Waals surface area contributed by atoms with Gasteiger partial charge in [-0.2, -0.15) is 0 Å². The maximum absolute atomic E-state index is 6.37. The second-order valence-electron chi connectivity index (χ2n) is 4.80. The number of para-hydroxylation sites is 2. The summed E-state index contributed by atoms with van der Waals surface area (Å²) in [5.41, 5.74) is 0. The van der Waals surface area contributed by atoms with Gasteiger partial charge in [-0.25, -0.2) is 0 Å². The van der Waals surface area contributed by atoms with Gasteiger partial charge in [-0.3, -0.25) is 0 Å². The Morgan fingerprint density at radius 3 is 2.40 bits per heavy atom. The third-order valence-electron chi connectivity index (χ3n) is 3.51. The van der Waals surface area contributed by atoms with Crippen molar-refractivity contribution in [1.82, 2.24) is 5.32 Å². The molecule has 20 heavy (non-hydrogen) atoms. The lowest BCUT2D eigenvalue weighted by Gasteiger charge is -2.19. The molecule has 3 nitrogen and oxygen atoms in total. The molecule has 0 aromatic heterocycles. The minimum absolute atomic E-state index is 0.191. The molecule has 0 saturated carbocycles. The summed E-state index contributed by atoms with van der Waals surface area (Å²) in [7, 11) is 1.65. The molecule has 4 heteroatoms. The molecule has 0 fully saturated rings. The Hall–Kier alpha value is -0.930. The molecule has 0 aliphatic carbocycles. The Bertz CT molecular complexity index is 369. The largest absolute Gasteiger partial charge is 0.493 e. The van der Waals surface area contributed by atoms with Gasteiger partial charge in [-0.05, 0) is 18.1 Å². The van der Waals surface area contributed by atoms with Gasteiger partial charge in [-0.1, -0.05) is 38.8 Å². The van der Waals surface area contributed by atoms with Gasteiger partial charge >= 0.3 is 0 Å². The number of benzene rings is 1. The minimum Gasteiger partial charge on any atom is -0.493 e. The van der Waals surface area contributed by atoms with E-state index in [-0.39, 0.29) is 5.38 Å². The van der Waals surface area contributed by atoms with Crippen molar-refractivity contribution >= 4 is 11.6 Å². The number of hydrogen-bond acceptors (Lipinski definition) is 3. The van der Waals surface area contributed by atoms with Crippen molar-refractivity contribution in [2.45, 2.75) is 32.1 Å². The van der Waals surface area contributed by atoms with Crippen LogP contribution in [0.3, 0.4) is 0 Å².